The Labute approximate surface area is 139 Å². The molecule has 1 heterocycles. The van der Waals surface area contributed by atoms with Gasteiger partial charge in [-0.2, -0.15) is 0 Å². The summed E-state index contributed by atoms with van der Waals surface area (Å²) < 4.78 is 31.4. The normalized spacial score (nSPS) is 15.0. The standard InChI is InChI=1S/C19H17F2NO2/c20-17-7-4-15(13-18(17)21)19(23)8-3-14-1-5-16(6-2-14)22-9-11-24-12-10-22/h1-8,13H,9-12H2/b8-3+. The molecule has 1 aliphatic rings. The molecule has 0 atom stereocenters. The third kappa shape index (κ3) is 3.86. The summed E-state index contributed by atoms with van der Waals surface area (Å²) in [5.74, 6) is -2.36. The first-order valence-corrected chi connectivity index (χ1v) is 7.74. The Morgan fingerprint density at radius 3 is 2.38 bits per heavy atom. The number of halogens is 2. The van der Waals surface area contributed by atoms with Gasteiger partial charge < -0.3 is 9.64 Å². The van der Waals surface area contributed by atoms with E-state index in [-0.39, 0.29) is 11.3 Å². The van der Waals surface area contributed by atoms with E-state index >= 15 is 0 Å². The van der Waals surface area contributed by atoms with E-state index in [0.29, 0.717) is 0 Å². The highest BCUT2D eigenvalue weighted by Gasteiger charge is 2.10. The predicted octanol–water partition coefficient (Wildman–Crippen LogP) is 3.70. The van der Waals surface area contributed by atoms with Crippen LogP contribution < -0.4 is 4.90 Å². The smallest absolute Gasteiger partial charge is 0.185 e. The zero-order valence-electron chi connectivity index (χ0n) is 13.0. The van der Waals surface area contributed by atoms with Gasteiger partial charge in [0.1, 0.15) is 0 Å². The summed E-state index contributed by atoms with van der Waals surface area (Å²) in [5, 5.41) is 0. The summed E-state index contributed by atoms with van der Waals surface area (Å²) in [6.07, 6.45) is 3.02. The zero-order valence-corrected chi connectivity index (χ0v) is 13.0. The maximum atomic E-state index is 13.2. The molecule has 3 nitrogen and oxygen atoms in total. The van der Waals surface area contributed by atoms with Crippen LogP contribution in [0.2, 0.25) is 0 Å². The number of benzene rings is 2. The van der Waals surface area contributed by atoms with Crippen molar-refractivity contribution in [1.82, 2.24) is 0 Å². The van der Waals surface area contributed by atoms with E-state index in [4.69, 9.17) is 4.74 Å². The van der Waals surface area contributed by atoms with Gasteiger partial charge in [-0.05, 0) is 42.0 Å². The number of allylic oxidation sites excluding steroid dienone is 1. The molecular formula is C19H17F2NO2. The Bertz CT molecular complexity index is 750. The molecule has 0 bridgehead atoms. The predicted molar refractivity (Wildman–Crippen MR) is 89.2 cm³/mol. The molecule has 0 aromatic heterocycles. The third-order valence-corrected chi connectivity index (χ3v) is 3.90. The Morgan fingerprint density at radius 2 is 1.71 bits per heavy atom. The van der Waals surface area contributed by atoms with Crippen molar-refractivity contribution < 1.29 is 18.3 Å². The number of hydrogen-bond acceptors (Lipinski definition) is 3. The second kappa shape index (κ2) is 7.36. The number of nitrogens with zero attached hydrogens (tertiary/aromatic N) is 1. The topological polar surface area (TPSA) is 29.5 Å². The second-order valence-corrected chi connectivity index (χ2v) is 5.52. The van der Waals surface area contributed by atoms with Crippen molar-refractivity contribution in [2.24, 2.45) is 0 Å². The molecule has 0 spiro atoms. The maximum Gasteiger partial charge on any atom is 0.185 e. The van der Waals surface area contributed by atoms with Crippen LogP contribution in [0.15, 0.2) is 48.5 Å². The van der Waals surface area contributed by atoms with E-state index in [1.165, 1.54) is 12.1 Å². The lowest BCUT2D eigenvalue weighted by Gasteiger charge is -2.28. The molecule has 0 unspecified atom stereocenters. The zero-order chi connectivity index (χ0) is 16.9. The fourth-order valence-electron chi connectivity index (χ4n) is 2.54. The van der Waals surface area contributed by atoms with Gasteiger partial charge in [-0.25, -0.2) is 8.78 Å². The van der Waals surface area contributed by atoms with E-state index < -0.39 is 11.6 Å². The Balaban J connectivity index is 1.67. The van der Waals surface area contributed by atoms with Crippen molar-refractivity contribution in [3.63, 3.8) is 0 Å². The van der Waals surface area contributed by atoms with Crippen LogP contribution in [0.3, 0.4) is 0 Å². The summed E-state index contributed by atoms with van der Waals surface area (Å²) in [7, 11) is 0. The van der Waals surface area contributed by atoms with Crippen LogP contribution in [0.1, 0.15) is 15.9 Å². The molecular weight excluding hydrogens is 312 g/mol. The highest BCUT2D eigenvalue weighted by atomic mass is 19.2. The minimum absolute atomic E-state index is 0.120. The van der Waals surface area contributed by atoms with Gasteiger partial charge in [-0.15, -0.1) is 0 Å². The number of rotatable bonds is 4. The van der Waals surface area contributed by atoms with Crippen LogP contribution >= 0.6 is 0 Å². The Morgan fingerprint density at radius 1 is 1.00 bits per heavy atom. The van der Waals surface area contributed by atoms with Gasteiger partial charge in [0, 0.05) is 24.3 Å². The summed E-state index contributed by atoms with van der Waals surface area (Å²) >= 11 is 0. The molecule has 3 rings (SSSR count). The van der Waals surface area contributed by atoms with Gasteiger partial charge in [0.15, 0.2) is 17.4 Å². The maximum absolute atomic E-state index is 13.2. The lowest BCUT2D eigenvalue weighted by Crippen LogP contribution is -2.36. The van der Waals surface area contributed by atoms with E-state index in [1.807, 2.05) is 24.3 Å². The van der Waals surface area contributed by atoms with Crippen LogP contribution in [0.5, 0.6) is 0 Å². The average molecular weight is 329 g/mol. The first kappa shape index (κ1) is 16.3. The van der Waals surface area contributed by atoms with Gasteiger partial charge in [0.05, 0.1) is 13.2 Å². The van der Waals surface area contributed by atoms with Crippen molar-refractivity contribution in [2.45, 2.75) is 0 Å². The molecule has 124 valence electrons. The number of morpholine rings is 1. The number of hydrogen-bond donors (Lipinski definition) is 0. The SMILES string of the molecule is O=C(/C=C/c1ccc(N2CCOCC2)cc1)c1ccc(F)c(F)c1. The van der Waals surface area contributed by atoms with E-state index in [0.717, 1.165) is 49.7 Å². The van der Waals surface area contributed by atoms with Gasteiger partial charge >= 0.3 is 0 Å². The summed E-state index contributed by atoms with van der Waals surface area (Å²) in [5.41, 5.74) is 2.10. The molecule has 1 aliphatic heterocycles. The minimum Gasteiger partial charge on any atom is -0.378 e. The number of ketones is 1. The first-order valence-electron chi connectivity index (χ1n) is 7.74. The Kier molecular flexibility index (Phi) is 5.01. The van der Waals surface area contributed by atoms with Crippen molar-refractivity contribution in [3.05, 3.63) is 71.3 Å². The number of carbonyl (C=O) groups is 1. The van der Waals surface area contributed by atoms with Gasteiger partial charge in [-0.1, -0.05) is 18.2 Å². The molecule has 0 N–H and O–H groups in total. The van der Waals surface area contributed by atoms with E-state index in [9.17, 15) is 13.6 Å². The summed E-state index contributed by atoms with van der Waals surface area (Å²) in [6.45, 7) is 3.18. The Hall–Kier alpha value is -2.53. The van der Waals surface area contributed by atoms with Crippen LogP contribution in [0, 0.1) is 11.6 Å². The fourth-order valence-corrected chi connectivity index (χ4v) is 2.54. The van der Waals surface area contributed by atoms with E-state index in [1.54, 1.807) is 6.08 Å². The first-order chi connectivity index (χ1) is 11.6. The molecule has 1 fully saturated rings. The monoisotopic (exact) mass is 329 g/mol. The fraction of sp³-hybridized carbons (Fsp3) is 0.211. The number of anilines is 1. The molecule has 2 aromatic rings. The van der Waals surface area contributed by atoms with Gasteiger partial charge in [0.2, 0.25) is 0 Å². The van der Waals surface area contributed by atoms with Crippen molar-refractivity contribution >= 4 is 17.5 Å². The van der Waals surface area contributed by atoms with Crippen LogP contribution in [-0.2, 0) is 4.74 Å². The van der Waals surface area contributed by atoms with Crippen molar-refractivity contribution in [3.8, 4) is 0 Å². The average Bonchev–Trinajstić information content (AvgIpc) is 2.63. The van der Waals surface area contributed by atoms with Crippen LogP contribution in [-0.4, -0.2) is 32.1 Å². The molecule has 0 saturated carbocycles. The van der Waals surface area contributed by atoms with Crippen molar-refractivity contribution in [1.29, 1.82) is 0 Å². The lowest BCUT2D eigenvalue weighted by molar-refractivity contribution is 0.104. The largest absolute Gasteiger partial charge is 0.378 e. The summed E-state index contributed by atoms with van der Waals surface area (Å²) in [4.78, 5) is 14.2. The molecule has 1 saturated heterocycles. The van der Waals surface area contributed by atoms with Crippen molar-refractivity contribution in [2.75, 3.05) is 31.2 Å². The quantitative estimate of drug-likeness (QED) is 0.633. The van der Waals surface area contributed by atoms with Crippen LogP contribution in [0.4, 0.5) is 14.5 Å². The highest BCUT2D eigenvalue weighted by molar-refractivity contribution is 6.06. The van der Waals surface area contributed by atoms with Gasteiger partial charge in [0.25, 0.3) is 0 Å². The highest BCUT2D eigenvalue weighted by Crippen LogP contribution is 2.17. The van der Waals surface area contributed by atoms with E-state index in [2.05, 4.69) is 4.90 Å². The summed E-state index contributed by atoms with van der Waals surface area (Å²) in [6, 6.07) is 10.9. The minimum atomic E-state index is -1.02. The van der Waals surface area contributed by atoms with Crippen LogP contribution in [0.25, 0.3) is 6.08 Å². The molecule has 0 radical (unpaired) electrons. The lowest BCUT2D eigenvalue weighted by atomic mass is 10.1. The number of carbonyl (C=O) groups excluding carboxylic acids is 1. The second-order valence-electron chi connectivity index (χ2n) is 5.52. The molecule has 0 aliphatic carbocycles. The molecule has 24 heavy (non-hydrogen) atoms. The molecule has 0 amide bonds. The third-order valence-electron chi connectivity index (χ3n) is 3.90. The molecule has 2 aromatic carbocycles. The number of ether oxygens (including phenoxy) is 1. The molecule has 5 heteroatoms. The van der Waals surface area contributed by atoms with Gasteiger partial charge in [-0.3, -0.25) is 4.79 Å².